The number of nitrogens with one attached hydrogen (secondary N) is 1. The van der Waals surface area contributed by atoms with Gasteiger partial charge in [0.25, 0.3) is 0 Å². The van der Waals surface area contributed by atoms with E-state index >= 15 is 0 Å². The fraction of sp³-hybridized carbons (Fsp3) is 0.600. The maximum absolute atomic E-state index is 3.62. The van der Waals surface area contributed by atoms with E-state index in [1.165, 1.54) is 47.8 Å². The summed E-state index contributed by atoms with van der Waals surface area (Å²) in [5, 5.41) is 3.62. The van der Waals surface area contributed by atoms with Gasteiger partial charge in [-0.3, -0.25) is 0 Å². The van der Waals surface area contributed by atoms with Gasteiger partial charge in [-0.25, -0.2) is 0 Å². The van der Waals surface area contributed by atoms with Crippen LogP contribution in [0, 0.1) is 0 Å². The lowest BCUT2D eigenvalue weighted by atomic mass is 9.91. The Labute approximate surface area is 118 Å². The number of benzene rings is 1. The predicted molar refractivity (Wildman–Crippen MR) is 80.0 cm³/mol. The molecule has 0 amide bonds. The molecule has 3 rings (SSSR count). The molecule has 2 aliphatic rings. The average molecular weight is 309 g/mol. The summed E-state index contributed by atoms with van der Waals surface area (Å²) in [7, 11) is 2.24. The third-order valence-electron chi connectivity index (χ3n) is 4.21. The molecular weight excluding hydrogens is 288 g/mol. The Hall–Kier alpha value is -0.540. The largest absolute Gasteiger partial charge is 0.371 e. The summed E-state index contributed by atoms with van der Waals surface area (Å²) in [6.45, 7) is 1.00. The lowest BCUT2D eigenvalue weighted by molar-refractivity contribution is 0.400. The van der Waals surface area contributed by atoms with Crippen LogP contribution in [0.5, 0.6) is 0 Å². The van der Waals surface area contributed by atoms with Crippen molar-refractivity contribution >= 4 is 21.6 Å². The van der Waals surface area contributed by atoms with E-state index in [0.717, 1.165) is 18.6 Å². The lowest BCUT2D eigenvalue weighted by Crippen LogP contribution is -2.38. The molecule has 0 radical (unpaired) electrons. The molecular formula is C15H21BrN2. The topological polar surface area (TPSA) is 15.3 Å². The van der Waals surface area contributed by atoms with Crippen molar-refractivity contribution in [2.45, 2.75) is 50.7 Å². The first kappa shape index (κ1) is 12.5. The Kier molecular flexibility index (Phi) is 3.62. The lowest BCUT2D eigenvalue weighted by Gasteiger charge is -2.37. The Balaban J connectivity index is 1.77. The van der Waals surface area contributed by atoms with Crippen molar-refractivity contribution in [2.75, 3.05) is 11.9 Å². The zero-order valence-corrected chi connectivity index (χ0v) is 12.5. The van der Waals surface area contributed by atoms with E-state index in [0.29, 0.717) is 0 Å². The van der Waals surface area contributed by atoms with Crippen molar-refractivity contribution in [1.29, 1.82) is 0 Å². The fourth-order valence-corrected chi connectivity index (χ4v) is 2.88. The Bertz CT molecular complexity index is 425. The van der Waals surface area contributed by atoms with Gasteiger partial charge in [0.15, 0.2) is 0 Å². The molecule has 0 unspecified atom stereocenters. The van der Waals surface area contributed by atoms with E-state index in [9.17, 15) is 0 Å². The number of hydrogen-bond donors (Lipinski definition) is 1. The summed E-state index contributed by atoms with van der Waals surface area (Å²) in [4.78, 5) is 2.47. The van der Waals surface area contributed by atoms with Crippen LogP contribution >= 0.6 is 15.9 Å². The number of nitrogens with zero attached hydrogens (tertiary/aromatic N) is 1. The SMILES string of the molecule is CN(c1cc(Br)ccc1CNC1CC1)C1CCC1. The molecule has 0 aliphatic heterocycles. The smallest absolute Gasteiger partial charge is 0.0423 e. The van der Waals surface area contributed by atoms with Crippen molar-refractivity contribution in [3.63, 3.8) is 0 Å². The molecule has 98 valence electrons. The quantitative estimate of drug-likeness (QED) is 0.892. The molecule has 1 aromatic rings. The first-order chi connectivity index (χ1) is 8.74. The van der Waals surface area contributed by atoms with Gasteiger partial charge in [-0.1, -0.05) is 22.0 Å². The van der Waals surface area contributed by atoms with E-state index in [1.54, 1.807) is 0 Å². The number of rotatable bonds is 5. The maximum atomic E-state index is 3.62. The van der Waals surface area contributed by atoms with Gasteiger partial charge in [-0.2, -0.15) is 0 Å². The molecule has 0 saturated heterocycles. The van der Waals surface area contributed by atoms with Crippen LogP contribution < -0.4 is 10.2 Å². The van der Waals surface area contributed by atoms with E-state index in [4.69, 9.17) is 0 Å². The zero-order valence-electron chi connectivity index (χ0n) is 11.0. The summed E-state index contributed by atoms with van der Waals surface area (Å²) >= 11 is 3.60. The van der Waals surface area contributed by atoms with Crippen molar-refractivity contribution in [3.8, 4) is 0 Å². The van der Waals surface area contributed by atoms with Gasteiger partial charge in [0.1, 0.15) is 0 Å². The fourth-order valence-electron chi connectivity index (χ4n) is 2.53. The molecule has 0 aromatic heterocycles. The third kappa shape index (κ3) is 2.72. The second-order valence-electron chi connectivity index (χ2n) is 5.62. The molecule has 0 bridgehead atoms. The van der Waals surface area contributed by atoms with Crippen LogP contribution in [0.3, 0.4) is 0 Å². The van der Waals surface area contributed by atoms with Gasteiger partial charge in [0.05, 0.1) is 0 Å². The Morgan fingerprint density at radius 1 is 1.28 bits per heavy atom. The molecule has 2 fully saturated rings. The Morgan fingerprint density at radius 2 is 2.06 bits per heavy atom. The van der Waals surface area contributed by atoms with Crippen molar-refractivity contribution in [1.82, 2.24) is 5.32 Å². The van der Waals surface area contributed by atoms with E-state index in [-0.39, 0.29) is 0 Å². The van der Waals surface area contributed by atoms with E-state index in [1.807, 2.05) is 0 Å². The minimum atomic E-state index is 0.749. The number of anilines is 1. The zero-order chi connectivity index (χ0) is 12.5. The van der Waals surface area contributed by atoms with Crippen LogP contribution in [0.15, 0.2) is 22.7 Å². The molecule has 2 nitrogen and oxygen atoms in total. The molecule has 18 heavy (non-hydrogen) atoms. The molecule has 3 heteroatoms. The van der Waals surface area contributed by atoms with Crippen LogP contribution in [0.1, 0.15) is 37.7 Å². The highest BCUT2D eigenvalue weighted by Crippen LogP contribution is 2.32. The number of halogens is 1. The standard InChI is InChI=1S/C15H21BrN2/c1-18(14-3-2-4-14)15-9-12(16)6-5-11(15)10-17-13-7-8-13/h5-6,9,13-14,17H,2-4,7-8,10H2,1H3. The first-order valence-electron chi connectivity index (χ1n) is 6.98. The van der Waals surface area contributed by atoms with Crippen LogP contribution in [0.4, 0.5) is 5.69 Å². The normalized spacial score (nSPS) is 19.7. The maximum Gasteiger partial charge on any atom is 0.0423 e. The van der Waals surface area contributed by atoms with Crippen molar-refractivity contribution < 1.29 is 0 Å². The van der Waals surface area contributed by atoms with Gasteiger partial charge < -0.3 is 10.2 Å². The minimum Gasteiger partial charge on any atom is -0.371 e. The first-order valence-corrected chi connectivity index (χ1v) is 7.78. The summed E-state index contributed by atoms with van der Waals surface area (Å²) in [6.07, 6.45) is 6.78. The monoisotopic (exact) mass is 308 g/mol. The highest BCUT2D eigenvalue weighted by Gasteiger charge is 2.25. The van der Waals surface area contributed by atoms with E-state index in [2.05, 4.69) is 51.4 Å². The predicted octanol–water partition coefficient (Wildman–Crippen LogP) is 3.69. The van der Waals surface area contributed by atoms with Crippen molar-refractivity contribution in [3.05, 3.63) is 28.2 Å². The van der Waals surface area contributed by atoms with E-state index < -0.39 is 0 Å². The number of hydrogen-bond acceptors (Lipinski definition) is 2. The second-order valence-corrected chi connectivity index (χ2v) is 6.54. The second kappa shape index (κ2) is 5.22. The summed E-state index contributed by atoms with van der Waals surface area (Å²) in [5.41, 5.74) is 2.82. The van der Waals surface area contributed by atoms with Crippen LogP contribution in [-0.2, 0) is 6.54 Å². The average Bonchev–Trinajstić information content (AvgIpc) is 3.08. The molecule has 0 heterocycles. The molecule has 1 aromatic carbocycles. The molecule has 2 saturated carbocycles. The summed E-state index contributed by atoms with van der Waals surface area (Å²) in [6, 6.07) is 8.20. The van der Waals surface area contributed by atoms with Gasteiger partial charge in [0.2, 0.25) is 0 Å². The highest BCUT2D eigenvalue weighted by molar-refractivity contribution is 9.10. The van der Waals surface area contributed by atoms with Gasteiger partial charge in [0, 0.05) is 35.8 Å². The highest BCUT2D eigenvalue weighted by atomic mass is 79.9. The molecule has 0 atom stereocenters. The van der Waals surface area contributed by atoms with Crippen LogP contribution in [-0.4, -0.2) is 19.1 Å². The van der Waals surface area contributed by atoms with Crippen molar-refractivity contribution in [2.24, 2.45) is 0 Å². The summed E-state index contributed by atoms with van der Waals surface area (Å²) < 4.78 is 1.18. The molecule has 0 spiro atoms. The van der Waals surface area contributed by atoms with Crippen LogP contribution in [0.2, 0.25) is 0 Å². The Morgan fingerprint density at radius 3 is 2.67 bits per heavy atom. The summed E-state index contributed by atoms with van der Waals surface area (Å²) in [5.74, 6) is 0. The van der Waals surface area contributed by atoms with Gasteiger partial charge in [-0.05, 0) is 49.8 Å². The molecule has 1 N–H and O–H groups in total. The van der Waals surface area contributed by atoms with Gasteiger partial charge >= 0.3 is 0 Å². The van der Waals surface area contributed by atoms with Gasteiger partial charge in [-0.15, -0.1) is 0 Å². The third-order valence-corrected chi connectivity index (χ3v) is 4.70. The van der Waals surface area contributed by atoms with Crippen LogP contribution in [0.25, 0.3) is 0 Å². The molecule has 2 aliphatic carbocycles. The minimum absolute atomic E-state index is 0.749.